The zero-order chi connectivity index (χ0) is 77.1. The topological polar surface area (TPSA) is 24.1 Å². The Morgan fingerprint density at radius 2 is 0.376 bits per heavy atom. The van der Waals surface area contributed by atoms with Gasteiger partial charge in [-0.25, -0.2) is 0 Å². The van der Waals surface area contributed by atoms with Crippen molar-refractivity contribution in [2.45, 2.75) is 473 Å². The van der Waals surface area contributed by atoms with Gasteiger partial charge in [-0.15, -0.1) is 0 Å². The molecule has 0 radical (unpaired) electrons. The highest BCUT2D eigenvalue weighted by Crippen LogP contribution is 2.77. The average Bonchev–Trinajstić information content (AvgIpc) is 1.53. The fourth-order valence-corrected chi connectivity index (χ4v) is 30.0. The van der Waals surface area contributed by atoms with Crippen LogP contribution in [0.5, 0.6) is 0 Å². The highest BCUT2D eigenvalue weighted by molar-refractivity contribution is 5.19. The summed E-state index contributed by atoms with van der Waals surface area (Å²) in [6.07, 6.45) is 43.9. The van der Waals surface area contributed by atoms with Crippen molar-refractivity contribution in [3.05, 3.63) is 0 Å². The fraction of sp³-hybridized carbons (Fsp3) is 1.00. The van der Waals surface area contributed by atoms with Crippen LogP contribution in [0.3, 0.4) is 0 Å². The van der Waals surface area contributed by atoms with Crippen molar-refractivity contribution in [3.8, 4) is 0 Å². The molecule has 14 aliphatic carbocycles. The van der Waals surface area contributed by atoms with Crippen LogP contribution in [0.25, 0.3) is 0 Å². The van der Waals surface area contributed by atoms with Crippen LogP contribution in [-0.4, -0.2) is 24.2 Å². The number of rotatable bonds is 0. The molecule has 0 aromatic carbocycles. The molecule has 0 amide bonds. The molecule has 0 aromatic heterocycles. The summed E-state index contributed by atoms with van der Waals surface area (Å²) in [5.41, 5.74) is 8.19. The Labute approximate surface area is 639 Å². The molecule has 2 heterocycles. The van der Waals surface area contributed by atoms with Crippen molar-refractivity contribution in [1.29, 1.82) is 0 Å². The van der Waals surface area contributed by atoms with E-state index >= 15 is 0 Å². The lowest BCUT2D eigenvalue weighted by Crippen LogP contribution is -2.57. The highest BCUT2D eigenvalue weighted by Gasteiger charge is 2.71. The molecule has 0 aromatic rings. The molecule has 9 atom stereocenters. The maximum atomic E-state index is 3.51. The molecular formula is C99H192N2. The first-order valence-electron chi connectivity index (χ1n) is 45.2. The molecular weight excluding hydrogens is 1220 g/mol. The second-order valence-electron chi connectivity index (χ2n) is 49.9. The molecule has 8 bridgehead atoms. The van der Waals surface area contributed by atoms with E-state index in [0.29, 0.717) is 54.1 Å². The van der Waals surface area contributed by atoms with Crippen molar-refractivity contribution < 1.29 is 0 Å². The van der Waals surface area contributed by atoms with Gasteiger partial charge in [0.05, 0.1) is 0 Å². The fourth-order valence-electron chi connectivity index (χ4n) is 30.0. The van der Waals surface area contributed by atoms with Crippen LogP contribution in [0.2, 0.25) is 0 Å². The molecule has 14 saturated carbocycles. The van der Waals surface area contributed by atoms with E-state index in [4.69, 9.17) is 0 Å². The summed E-state index contributed by atoms with van der Waals surface area (Å²) < 4.78 is 0. The molecule has 16 aliphatic rings. The third-order valence-electron chi connectivity index (χ3n) is 32.4. The Morgan fingerprint density at radius 3 is 0.525 bits per heavy atom. The van der Waals surface area contributed by atoms with E-state index in [0.717, 1.165) is 129 Å². The number of hydrogen-bond acceptors (Lipinski definition) is 2. The molecule has 16 rings (SSSR count). The van der Waals surface area contributed by atoms with E-state index in [1.54, 1.807) is 0 Å². The van der Waals surface area contributed by atoms with E-state index < -0.39 is 0 Å². The predicted octanol–water partition coefficient (Wildman–Crippen LogP) is 31.2. The molecule has 0 spiro atoms. The van der Waals surface area contributed by atoms with Crippen LogP contribution in [0, 0.1) is 159 Å². The standard InChI is InChI=1S/C14H24.C13H22.2C12H24.2C9H18.2C8H17N.C8H16.C6H12/c1-11-5-12(2)8-13(3,6-11)10-14(4,7-11)9-12;1-11-4-10-5-12(2,7-11)9-13(3,6-10)8-11;1-10(2)7-11(3,4)9-12(5,6)8-10;1-10-4-6-11(2)8-9-12(3)7-5-10;1-7-4-8(2)6-9(3)5-7;1-7(2)8(3,4)9(7,5)6;2*1-6-4-7(2)9-8(3)5-6;1-6-4-7(2)8(3)5-6;1-4-5(2)6(4)3/h5-10H2,1-4H3;10H,4-9H2,1-3H3;7-9H2,1-6H3;10-12H,4-9H2,1-3H3;7-9H,4-6H2,1-3H3;1-6H3;2*6-9H,4-5H2,1-3H3;6-8H,4-5H2,1-3H3;4-6H,1-3H3/t;;;;;;3*6?,7-,8+;. The Bertz CT molecular complexity index is 2020. The third-order valence-corrected chi connectivity index (χ3v) is 32.4. The monoisotopic (exact) mass is 1410 g/mol. The van der Waals surface area contributed by atoms with Gasteiger partial charge < -0.3 is 10.6 Å². The lowest BCUT2D eigenvalue weighted by atomic mass is 9.37. The third kappa shape index (κ3) is 28.0. The number of hydrogen-bond donors (Lipinski definition) is 2. The molecule has 2 saturated heterocycles. The molecule has 2 nitrogen and oxygen atoms in total. The van der Waals surface area contributed by atoms with Gasteiger partial charge in [0.1, 0.15) is 0 Å². The van der Waals surface area contributed by atoms with Crippen LogP contribution < -0.4 is 10.6 Å². The second-order valence-corrected chi connectivity index (χ2v) is 49.9. The maximum absolute atomic E-state index is 3.51. The lowest BCUT2D eigenvalue weighted by molar-refractivity contribution is -0.176. The lowest BCUT2D eigenvalue weighted by Gasteiger charge is -2.68. The molecule has 101 heavy (non-hydrogen) atoms. The van der Waals surface area contributed by atoms with Crippen LogP contribution in [0.4, 0.5) is 0 Å². The summed E-state index contributed by atoms with van der Waals surface area (Å²) in [5.74, 6) is 14.9. The number of piperidine rings is 2. The van der Waals surface area contributed by atoms with Gasteiger partial charge in [0.15, 0.2) is 0 Å². The molecule has 2 heteroatoms. The minimum Gasteiger partial charge on any atom is -0.312 e. The maximum Gasteiger partial charge on any atom is 0.00437 e. The summed E-state index contributed by atoms with van der Waals surface area (Å²) in [7, 11) is 0. The van der Waals surface area contributed by atoms with Crippen LogP contribution >= 0.6 is 0 Å². The smallest absolute Gasteiger partial charge is 0.00437 e. The first kappa shape index (κ1) is 91.5. The van der Waals surface area contributed by atoms with Gasteiger partial charge in [0, 0.05) is 24.2 Å². The van der Waals surface area contributed by atoms with E-state index in [1.807, 2.05) is 0 Å². The zero-order valence-electron chi connectivity index (χ0n) is 76.7. The minimum atomic E-state index is 0.542. The summed E-state index contributed by atoms with van der Waals surface area (Å²) in [5, 5.41) is 7.02. The quantitative estimate of drug-likeness (QED) is 0.253. The van der Waals surface area contributed by atoms with E-state index in [2.05, 4.69) is 267 Å². The van der Waals surface area contributed by atoms with E-state index in [-0.39, 0.29) is 0 Å². The van der Waals surface area contributed by atoms with Crippen molar-refractivity contribution in [1.82, 2.24) is 10.6 Å². The van der Waals surface area contributed by atoms with Gasteiger partial charge >= 0.3 is 0 Å². The first-order valence-corrected chi connectivity index (χ1v) is 45.2. The van der Waals surface area contributed by atoms with Gasteiger partial charge in [-0.1, -0.05) is 267 Å². The largest absolute Gasteiger partial charge is 0.312 e. The average molecular weight is 1410 g/mol. The number of nitrogens with one attached hydrogen (secondary N) is 2. The summed E-state index contributed by atoms with van der Waals surface area (Å²) in [6, 6.07) is 2.96. The van der Waals surface area contributed by atoms with Crippen molar-refractivity contribution >= 4 is 0 Å². The first-order chi connectivity index (χ1) is 45.7. The SMILES string of the molecule is CC1(C)C(C)(C)C1(C)C.CC1(C)CC(C)(C)CC(C)(C)C1.CC12CC3(C)CC(C)(C1)CC(C)(C2)C3.CC12CC3CC(C)(C1)CC(C)(C3)C2.CC1C(C)C1C.CC1CC(C)CC(C)C1.CC1CCC(C)CCC(C)CC1.CC1C[C@@H](C)N[C@@H](C)C1.CC1C[C@@H](C)N[C@@H](C)C1.CC1C[C@@H](C)[C@@H](C)C1. The van der Waals surface area contributed by atoms with Gasteiger partial charge in [-0.2, -0.15) is 0 Å². The van der Waals surface area contributed by atoms with Crippen LogP contribution in [0.15, 0.2) is 0 Å². The normalized spacial score (nSPS) is 48.0. The van der Waals surface area contributed by atoms with Crippen LogP contribution in [0.1, 0.15) is 449 Å². The summed E-state index contributed by atoms with van der Waals surface area (Å²) in [6.45, 7) is 88.7. The molecule has 2 aliphatic heterocycles. The van der Waals surface area contributed by atoms with Crippen molar-refractivity contribution in [2.75, 3.05) is 0 Å². The minimum absolute atomic E-state index is 0.542. The predicted molar refractivity (Wildman–Crippen MR) is 454 cm³/mol. The van der Waals surface area contributed by atoms with Gasteiger partial charge in [0.2, 0.25) is 0 Å². The van der Waals surface area contributed by atoms with E-state index in [9.17, 15) is 0 Å². The molecule has 598 valence electrons. The van der Waals surface area contributed by atoms with Crippen LogP contribution in [-0.2, 0) is 0 Å². The highest BCUT2D eigenvalue weighted by atomic mass is 15.0. The van der Waals surface area contributed by atoms with Crippen molar-refractivity contribution in [3.63, 3.8) is 0 Å². The summed E-state index contributed by atoms with van der Waals surface area (Å²) in [4.78, 5) is 0. The summed E-state index contributed by atoms with van der Waals surface area (Å²) >= 11 is 0. The Kier molecular flexibility index (Phi) is 31.8. The van der Waals surface area contributed by atoms with E-state index in [1.165, 1.54) is 193 Å². The van der Waals surface area contributed by atoms with Gasteiger partial charge in [-0.3, -0.25) is 0 Å². The zero-order valence-corrected chi connectivity index (χ0v) is 76.7. The molecule has 2 N–H and O–H groups in total. The van der Waals surface area contributed by atoms with Gasteiger partial charge in [0.25, 0.3) is 0 Å². The Hall–Kier alpha value is -0.0800. The molecule has 3 unspecified atom stereocenters. The Morgan fingerprint density at radius 1 is 0.198 bits per heavy atom. The van der Waals surface area contributed by atoms with Crippen molar-refractivity contribution in [2.24, 2.45) is 159 Å². The Balaban J connectivity index is 0.000000204. The second kappa shape index (κ2) is 35.1. The van der Waals surface area contributed by atoms with Gasteiger partial charge in [-0.05, 0) is 341 Å². The molecule has 16 fully saturated rings.